The van der Waals surface area contributed by atoms with Crippen LogP contribution in [0.3, 0.4) is 0 Å². The molecular weight excluding hydrogens is 656 g/mol. The van der Waals surface area contributed by atoms with Crippen LogP contribution in [0.2, 0.25) is 0 Å². The molecule has 0 aromatic carbocycles. The van der Waals surface area contributed by atoms with E-state index in [0.717, 1.165) is 16.9 Å². The number of cyclic esters (lactones) is 1. The van der Waals surface area contributed by atoms with Gasteiger partial charge >= 0.3 is 5.97 Å². The van der Waals surface area contributed by atoms with E-state index < -0.39 is 77.9 Å². The molecule has 290 valence electrons. The lowest BCUT2D eigenvalue weighted by atomic mass is 9.82. The molecule has 3 aliphatic rings. The summed E-state index contributed by atoms with van der Waals surface area (Å²) in [5, 5.41) is 23.3. The van der Waals surface area contributed by atoms with E-state index in [0.29, 0.717) is 37.7 Å². The van der Waals surface area contributed by atoms with E-state index in [1.807, 2.05) is 46.8 Å². The second-order valence-electron chi connectivity index (χ2n) is 15.3. The number of rotatable bonds is 6. The van der Waals surface area contributed by atoms with Gasteiger partial charge in [0.15, 0.2) is 0 Å². The average Bonchev–Trinajstić information content (AvgIpc) is 3.10. The van der Waals surface area contributed by atoms with Crippen LogP contribution in [0.25, 0.3) is 0 Å². The first-order chi connectivity index (χ1) is 24.0. The Labute approximate surface area is 304 Å². The summed E-state index contributed by atoms with van der Waals surface area (Å²) in [6.07, 6.45) is 3.23. The van der Waals surface area contributed by atoms with E-state index >= 15 is 0 Å². The van der Waals surface area contributed by atoms with Crippen molar-refractivity contribution in [3.05, 3.63) is 23.3 Å². The van der Waals surface area contributed by atoms with E-state index in [1.165, 1.54) is 14.2 Å². The van der Waals surface area contributed by atoms with Crippen LogP contribution in [-0.2, 0) is 38.1 Å². The highest BCUT2D eigenvalue weighted by atomic mass is 16.7. The Morgan fingerprint density at radius 3 is 2.35 bits per heavy atom. The number of hydrogen-bond acceptors (Lipinski definition) is 11. The van der Waals surface area contributed by atoms with E-state index in [9.17, 15) is 29.4 Å². The lowest BCUT2D eigenvalue weighted by molar-refractivity contribution is -0.302. The third kappa shape index (κ3) is 10.4. The number of aliphatic hydroxyl groups excluding tert-OH is 1. The molecule has 51 heavy (non-hydrogen) atoms. The lowest BCUT2D eigenvalue weighted by Gasteiger charge is -2.47. The fraction of sp³-hybridized carbons (Fsp3) is 0.795. The number of carbonyl (C=O) groups excluding carboxylic acids is 4. The summed E-state index contributed by atoms with van der Waals surface area (Å²) < 4.78 is 23.9. The molecular formula is C39H64N2O10. The molecule has 3 aliphatic heterocycles. The van der Waals surface area contributed by atoms with Crippen molar-refractivity contribution in [1.82, 2.24) is 4.90 Å². The maximum absolute atomic E-state index is 14.1. The van der Waals surface area contributed by atoms with Gasteiger partial charge in [-0.25, -0.2) is 4.79 Å². The number of amides is 1. The second kappa shape index (κ2) is 19.0. The Bertz CT molecular complexity index is 1280. The SMILES string of the molecule is CCC(C)/C=C(\C)[C@H]1OC(=O)[C@@H]2CCCCN2C(=O)C(=O)[C@]2(O)O[C@H]([C@@H](OC)C[C@@H](C)C/C(C)=C/[C@@H](CC)C(=O)C[C@H](O)[C@H]1N)[C@@H](OC)C[C@H]2C. The number of allylic oxidation sites excluding steroid dienone is 3. The molecule has 0 saturated carbocycles. The molecule has 0 aliphatic carbocycles. The van der Waals surface area contributed by atoms with Gasteiger partial charge in [0.2, 0.25) is 5.79 Å². The molecule has 0 aromatic heterocycles. The Morgan fingerprint density at radius 1 is 1.10 bits per heavy atom. The average molecular weight is 721 g/mol. The van der Waals surface area contributed by atoms with Crippen molar-refractivity contribution in [3.63, 3.8) is 0 Å². The minimum Gasteiger partial charge on any atom is -0.455 e. The first kappa shape index (κ1) is 42.9. The van der Waals surface area contributed by atoms with Crippen LogP contribution in [-0.4, -0.2) is 108 Å². The van der Waals surface area contributed by atoms with Crippen LogP contribution < -0.4 is 5.73 Å². The topological polar surface area (TPSA) is 175 Å². The molecule has 3 rings (SSSR count). The van der Waals surface area contributed by atoms with Gasteiger partial charge in [0.05, 0.1) is 24.4 Å². The van der Waals surface area contributed by atoms with Gasteiger partial charge in [-0.1, -0.05) is 58.8 Å². The Morgan fingerprint density at radius 2 is 1.75 bits per heavy atom. The molecule has 2 saturated heterocycles. The number of fused-ring (bicyclic) bond motifs is 3. The maximum Gasteiger partial charge on any atom is 0.329 e. The monoisotopic (exact) mass is 720 g/mol. The van der Waals surface area contributed by atoms with Crippen molar-refractivity contribution < 1.29 is 48.3 Å². The number of aliphatic hydroxyl groups is 2. The normalized spacial score (nSPS) is 38.9. The zero-order valence-corrected chi connectivity index (χ0v) is 32.3. The number of methoxy groups -OCH3 is 2. The van der Waals surface area contributed by atoms with Gasteiger partial charge < -0.3 is 39.8 Å². The molecule has 3 heterocycles. The van der Waals surface area contributed by atoms with Crippen LogP contribution in [0, 0.1) is 23.7 Å². The quantitative estimate of drug-likeness (QED) is 0.205. The van der Waals surface area contributed by atoms with E-state index in [-0.39, 0.29) is 43.4 Å². The number of ketones is 2. The summed E-state index contributed by atoms with van der Waals surface area (Å²) in [5.74, 6) is -6.76. The van der Waals surface area contributed by atoms with Crippen LogP contribution in [0.1, 0.15) is 106 Å². The Hall–Kier alpha value is -2.48. The number of nitrogens with two attached hydrogens (primary N) is 1. The fourth-order valence-electron chi connectivity index (χ4n) is 7.85. The van der Waals surface area contributed by atoms with Gasteiger partial charge in [-0.3, -0.25) is 14.4 Å². The van der Waals surface area contributed by atoms with Crippen LogP contribution in [0.5, 0.6) is 0 Å². The number of piperidine rings is 1. The van der Waals surface area contributed by atoms with E-state index in [1.54, 1.807) is 13.8 Å². The highest BCUT2D eigenvalue weighted by Crippen LogP contribution is 2.39. The molecule has 0 spiro atoms. The Balaban J connectivity index is 2.12. The minimum atomic E-state index is -2.49. The van der Waals surface area contributed by atoms with Crippen LogP contribution in [0.15, 0.2) is 23.3 Å². The second-order valence-corrected chi connectivity index (χ2v) is 15.3. The zero-order valence-electron chi connectivity index (χ0n) is 32.3. The summed E-state index contributed by atoms with van der Waals surface area (Å²) in [6.45, 7) is 13.4. The number of nitrogens with zero attached hydrogens (tertiary/aromatic N) is 1. The van der Waals surface area contributed by atoms with Crippen molar-refractivity contribution in [3.8, 4) is 0 Å². The van der Waals surface area contributed by atoms with E-state index in [2.05, 4.69) is 0 Å². The summed E-state index contributed by atoms with van der Waals surface area (Å²) in [5.41, 5.74) is 8.21. The smallest absolute Gasteiger partial charge is 0.329 e. The first-order valence-corrected chi connectivity index (χ1v) is 18.9. The summed E-state index contributed by atoms with van der Waals surface area (Å²) in [6, 6.07) is -2.28. The molecule has 1 amide bonds. The minimum absolute atomic E-state index is 0.0381. The molecule has 0 aromatic rings. The van der Waals surface area contributed by atoms with Gasteiger partial charge in [0.25, 0.3) is 11.7 Å². The maximum atomic E-state index is 14.1. The highest BCUT2D eigenvalue weighted by molar-refractivity contribution is 6.39. The van der Waals surface area contributed by atoms with Gasteiger partial charge in [-0.15, -0.1) is 0 Å². The van der Waals surface area contributed by atoms with Gasteiger partial charge in [-0.2, -0.15) is 0 Å². The molecule has 1 unspecified atom stereocenters. The van der Waals surface area contributed by atoms with Crippen molar-refractivity contribution in [1.29, 1.82) is 0 Å². The predicted octanol–water partition coefficient (Wildman–Crippen LogP) is 4.03. The molecule has 12 heteroatoms. The van der Waals surface area contributed by atoms with Crippen molar-refractivity contribution in [2.24, 2.45) is 29.4 Å². The number of carbonyl (C=O) groups is 4. The highest BCUT2D eigenvalue weighted by Gasteiger charge is 2.56. The molecule has 0 radical (unpaired) electrons. The van der Waals surface area contributed by atoms with Crippen molar-refractivity contribution in [2.75, 3.05) is 20.8 Å². The zero-order chi connectivity index (χ0) is 38.2. The predicted molar refractivity (Wildman–Crippen MR) is 192 cm³/mol. The largest absolute Gasteiger partial charge is 0.455 e. The standard InChI is InChI=1S/C39H64N2O10/c1-10-22(3)17-25(6)34-33(40)30(43)21-29(42)27(11-2)18-23(4)16-24(5)19-31(48-8)35-32(49-9)20-26(7)39(47,51-35)36(44)37(45)41-15-13-12-14-28(41)38(46)50-34/h17-18,22,24,26-28,30-35,43,47H,10-16,19-21,40H2,1-9H3/b23-18+,25-17+/t22?,24-,26+,27+,28-,30-,31-,32-,33+,34+,35+,39+/m0/s1. The lowest BCUT2D eigenvalue weighted by Crippen LogP contribution is -2.64. The number of hydrogen-bond donors (Lipinski definition) is 3. The third-order valence-corrected chi connectivity index (χ3v) is 11.2. The molecule has 12 atom stereocenters. The molecule has 4 N–H and O–H groups in total. The first-order valence-electron chi connectivity index (χ1n) is 18.9. The number of ether oxygens (including phenoxy) is 4. The van der Waals surface area contributed by atoms with Crippen LogP contribution in [0.4, 0.5) is 0 Å². The summed E-state index contributed by atoms with van der Waals surface area (Å²) >= 11 is 0. The molecule has 12 nitrogen and oxygen atoms in total. The van der Waals surface area contributed by atoms with Gasteiger partial charge in [-0.05, 0) is 76.2 Å². The number of Topliss-reactive ketones (excluding diaryl/α,β-unsaturated/α-hetero) is 2. The van der Waals surface area contributed by atoms with E-state index in [4.69, 9.17) is 24.7 Å². The van der Waals surface area contributed by atoms with Crippen molar-refractivity contribution >= 4 is 23.4 Å². The summed E-state index contributed by atoms with van der Waals surface area (Å²) in [4.78, 5) is 56.8. The molecule has 2 fully saturated rings. The molecule has 2 bridgehead atoms. The van der Waals surface area contributed by atoms with Gasteiger partial charge in [0, 0.05) is 39.0 Å². The van der Waals surface area contributed by atoms with Crippen LogP contribution >= 0.6 is 0 Å². The third-order valence-electron chi connectivity index (χ3n) is 11.2. The fourth-order valence-corrected chi connectivity index (χ4v) is 7.85. The van der Waals surface area contributed by atoms with Gasteiger partial charge in [0.1, 0.15) is 24.0 Å². The Kier molecular flexibility index (Phi) is 16.0. The van der Waals surface area contributed by atoms with Crippen molar-refractivity contribution in [2.45, 2.75) is 155 Å². The summed E-state index contributed by atoms with van der Waals surface area (Å²) in [7, 11) is 3.06. The number of esters is 1.